The molecule has 0 aromatic carbocycles. The third kappa shape index (κ3) is 4.33. The number of β-amino-alcohol motifs (C(OH)–C–C–N with tert-alkyl or cyclic N) is 1. The highest BCUT2D eigenvalue weighted by Gasteiger charge is 2.13. The molecule has 0 aliphatic heterocycles. The van der Waals surface area contributed by atoms with Gasteiger partial charge >= 0.3 is 0 Å². The average Bonchev–Trinajstić information content (AvgIpc) is 2.41. The lowest BCUT2D eigenvalue weighted by molar-refractivity contribution is 0.137. The Hall–Kier alpha value is -0.870. The third-order valence-corrected chi connectivity index (χ3v) is 2.36. The van der Waals surface area contributed by atoms with Crippen LogP contribution < -0.4 is 5.32 Å². The fourth-order valence-corrected chi connectivity index (χ4v) is 1.55. The second-order valence-electron chi connectivity index (χ2n) is 5.39. The first-order valence-electron chi connectivity index (χ1n) is 5.72. The first kappa shape index (κ1) is 13.2. The van der Waals surface area contributed by atoms with Gasteiger partial charge in [0.1, 0.15) is 0 Å². The Bertz CT molecular complexity index is 339. The summed E-state index contributed by atoms with van der Waals surface area (Å²) in [7, 11) is 0. The Morgan fingerprint density at radius 2 is 2.06 bits per heavy atom. The van der Waals surface area contributed by atoms with E-state index in [0.29, 0.717) is 13.1 Å². The van der Waals surface area contributed by atoms with Gasteiger partial charge in [-0.1, -0.05) is 0 Å². The summed E-state index contributed by atoms with van der Waals surface area (Å²) in [5.41, 5.74) is 2.12. The number of hydrogen-bond acceptors (Lipinski definition) is 3. The Labute approximate surface area is 97.7 Å². The average molecular weight is 225 g/mol. The summed E-state index contributed by atoms with van der Waals surface area (Å²) in [5, 5.41) is 17.5. The van der Waals surface area contributed by atoms with Gasteiger partial charge in [-0.3, -0.25) is 4.68 Å². The summed E-state index contributed by atoms with van der Waals surface area (Å²) >= 11 is 0. The fraction of sp³-hybridized carbons (Fsp3) is 0.750. The predicted octanol–water partition coefficient (Wildman–Crippen LogP) is 1.25. The minimum Gasteiger partial charge on any atom is -0.390 e. The monoisotopic (exact) mass is 225 g/mol. The van der Waals surface area contributed by atoms with Crippen LogP contribution in [-0.2, 0) is 6.54 Å². The van der Waals surface area contributed by atoms with Crippen LogP contribution in [0.5, 0.6) is 0 Å². The zero-order chi connectivity index (χ0) is 12.3. The zero-order valence-electron chi connectivity index (χ0n) is 10.9. The van der Waals surface area contributed by atoms with E-state index >= 15 is 0 Å². The van der Waals surface area contributed by atoms with Gasteiger partial charge in [0.2, 0.25) is 0 Å². The van der Waals surface area contributed by atoms with E-state index in [2.05, 4.69) is 31.2 Å². The van der Waals surface area contributed by atoms with E-state index in [1.807, 2.05) is 24.6 Å². The second-order valence-corrected chi connectivity index (χ2v) is 5.39. The summed E-state index contributed by atoms with van der Waals surface area (Å²) in [6, 6.07) is 2.02. The van der Waals surface area contributed by atoms with Crippen molar-refractivity contribution in [3.8, 4) is 0 Å². The first-order chi connectivity index (χ1) is 7.28. The van der Waals surface area contributed by atoms with Crippen molar-refractivity contribution in [2.24, 2.45) is 0 Å². The van der Waals surface area contributed by atoms with Gasteiger partial charge in [0, 0.05) is 17.8 Å². The molecule has 0 radical (unpaired) electrons. The van der Waals surface area contributed by atoms with Gasteiger partial charge in [-0.25, -0.2) is 0 Å². The van der Waals surface area contributed by atoms with E-state index in [4.69, 9.17) is 0 Å². The van der Waals surface area contributed by atoms with Crippen LogP contribution in [0.15, 0.2) is 6.07 Å². The molecule has 2 N–H and O–H groups in total. The molecule has 0 saturated carbocycles. The van der Waals surface area contributed by atoms with Gasteiger partial charge in [0.15, 0.2) is 0 Å². The summed E-state index contributed by atoms with van der Waals surface area (Å²) in [5.74, 6) is 0. The Kier molecular flexibility index (Phi) is 4.10. The molecule has 0 saturated heterocycles. The summed E-state index contributed by atoms with van der Waals surface area (Å²) in [6.07, 6.45) is -0.405. The zero-order valence-corrected chi connectivity index (χ0v) is 10.9. The minimum absolute atomic E-state index is 0.0378. The molecule has 0 spiro atoms. The number of hydrogen-bond donors (Lipinski definition) is 2. The van der Waals surface area contributed by atoms with E-state index in [-0.39, 0.29) is 5.54 Å². The van der Waals surface area contributed by atoms with Crippen LogP contribution in [0.2, 0.25) is 0 Å². The molecular formula is C12H23N3O. The van der Waals surface area contributed by atoms with Crippen molar-refractivity contribution in [2.75, 3.05) is 6.54 Å². The van der Waals surface area contributed by atoms with Crippen molar-refractivity contribution in [3.63, 3.8) is 0 Å². The summed E-state index contributed by atoms with van der Waals surface area (Å²) in [6.45, 7) is 11.4. The summed E-state index contributed by atoms with van der Waals surface area (Å²) < 4.78 is 1.85. The molecule has 4 heteroatoms. The molecule has 1 rings (SSSR count). The van der Waals surface area contributed by atoms with Gasteiger partial charge in [-0.15, -0.1) is 0 Å². The highest BCUT2D eigenvalue weighted by atomic mass is 16.3. The van der Waals surface area contributed by atoms with Crippen molar-refractivity contribution < 1.29 is 5.11 Å². The largest absolute Gasteiger partial charge is 0.390 e. The van der Waals surface area contributed by atoms with Crippen molar-refractivity contribution in [3.05, 3.63) is 17.5 Å². The molecule has 0 aliphatic carbocycles. The Balaban J connectivity index is 2.45. The molecule has 0 aliphatic rings. The quantitative estimate of drug-likeness (QED) is 0.811. The number of aromatic nitrogens is 2. The number of rotatable bonds is 4. The molecular weight excluding hydrogens is 202 g/mol. The molecule has 1 unspecified atom stereocenters. The van der Waals surface area contributed by atoms with Gasteiger partial charge in [0.25, 0.3) is 0 Å². The van der Waals surface area contributed by atoms with E-state index < -0.39 is 6.10 Å². The van der Waals surface area contributed by atoms with Crippen LogP contribution in [0.4, 0.5) is 0 Å². The second kappa shape index (κ2) is 4.97. The summed E-state index contributed by atoms with van der Waals surface area (Å²) in [4.78, 5) is 0. The standard InChI is InChI=1S/C12H23N3O/c1-9-6-10(2)15(14-9)8-11(16)7-13-12(3,4)5/h6,11,13,16H,7-8H2,1-5H3. The molecule has 1 aromatic rings. The minimum atomic E-state index is -0.405. The molecule has 1 atom stereocenters. The van der Waals surface area contributed by atoms with E-state index in [1.165, 1.54) is 0 Å². The van der Waals surface area contributed by atoms with Crippen molar-refractivity contribution in [2.45, 2.75) is 52.8 Å². The molecule has 0 fully saturated rings. The van der Waals surface area contributed by atoms with Crippen LogP contribution in [0.25, 0.3) is 0 Å². The maximum atomic E-state index is 9.88. The highest BCUT2D eigenvalue weighted by molar-refractivity contribution is 5.06. The van der Waals surface area contributed by atoms with Crippen molar-refractivity contribution in [1.82, 2.24) is 15.1 Å². The molecule has 0 bridgehead atoms. The lowest BCUT2D eigenvalue weighted by Crippen LogP contribution is -2.42. The van der Waals surface area contributed by atoms with Crippen molar-refractivity contribution >= 4 is 0 Å². The van der Waals surface area contributed by atoms with Gasteiger partial charge < -0.3 is 10.4 Å². The molecule has 16 heavy (non-hydrogen) atoms. The number of nitrogens with zero attached hydrogens (tertiary/aromatic N) is 2. The lowest BCUT2D eigenvalue weighted by atomic mass is 10.1. The third-order valence-electron chi connectivity index (χ3n) is 2.36. The van der Waals surface area contributed by atoms with Crippen LogP contribution in [-0.4, -0.2) is 33.1 Å². The van der Waals surface area contributed by atoms with Crippen LogP contribution in [0.3, 0.4) is 0 Å². The van der Waals surface area contributed by atoms with Gasteiger partial charge in [-0.2, -0.15) is 5.10 Å². The van der Waals surface area contributed by atoms with Crippen LogP contribution >= 0.6 is 0 Å². The lowest BCUT2D eigenvalue weighted by Gasteiger charge is -2.23. The van der Waals surface area contributed by atoms with Crippen LogP contribution in [0.1, 0.15) is 32.2 Å². The Morgan fingerprint density at radius 3 is 2.50 bits per heavy atom. The number of aliphatic hydroxyl groups excluding tert-OH is 1. The highest BCUT2D eigenvalue weighted by Crippen LogP contribution is 2.04. The first-order valence-corrected chi connectivity index (χ1v) is 5.72. The van der Waals surface area contributed by atoms with Crippen molar-refractivity contribution in [1.29, 1.82) is 0 Å². The number of aryl methyl sites for hydroxylation is 2. The van der Waals surface area contributed by atoms with E-state index in [9.17, 15) is 5.11 Å². The SMILES string of the molecule is Cc1cc(C)n(CC(O)CNC(C)(C)C)n1. The van der Waals surface area contributed by atoms with E-state index in [1.54, 1.807) is 0 Å². The molecule has 0 amide bonds. The number of aliphatic hydroxyl groups is 1. The van der Waals surface area contributed by atoms with Gasteiger partial charge in [0.05, 0.1) is 18.3 Å². The van der Waals surface area contributed by atoms with Gasteiger partial charge in [-0.05, 0) is 40.7 Å². The Morgan fingerprint density at radius 1 is 1.44 bits per heavy atom. The topological polar surface area (TPSA) is 50.1 Å². The number of nitrogens with one attached hydrogen (secondary N) is 1. The van der Waals surface area contributed by atoms with Crippen LogP contribution in [0, 0.1) is 13.8 Å². The smallest absolute Gasteiger partial charge is 0.0860 e. The predicted molar refractivity (Wildman–Crippen MR) is 65.5 cm³/mol. The molecule has 1 heterocycles. The fourth-order valence-electron chi connectivity index (χ4n) is 1.55. The molecule has 92 valence electrons. The van der Waals surface area contributed by atoms with E-state index in [0.717, 1.165) is 11.4 Å². The molecule has 1 aromatic heterocycles. The normalized spacial score (nSPS) is 14.1. The maximum Gasteiger partial charge on any atom is 0.0860 e. The maximum absolute atomic E-state index is 9.88. The molecule has 4 nitrogen and oxygen atoms in total.